The maximum atomic E-state index is 2.59. The van der Waals surface area contributed by atoms with Gasteiger partial charge < -0.3 is 0 Å². The van der Waals surface area contributed by atoms with Gasteiger partial charge in [0.2, 0.25) is 0 Å². The van der Waals surface area contributed by atoms with Gasteiger partial charge in [0.05, 0.1) is 0 Å². The Morgan fingerprint density at radius 1 is 0.700 bits per heavy atom. The van der Waals surface area contributed by atoms with Gasteiger partial charge in [-0.1, -0.05) is 58.3 Å². The van der Waals surface area contributed by atoms with Gasteiger partial charge in [-0.2, -0.15) is 0 Å². The van der Waals surface area contributed by atoms with Crippen molar-refractivity contribution in [3.63, 3.8) is 0 Å². The van der Waals surface area contributed by atoms with Crippen LogP contribution in [0.25, 0.3) is 0 Å². The topological polar surface area (TPSA) is 0 Å². The van der Waals surface area contributed by atoms with E-state index in [0.717, 1.165) is 29.6 Å². The standard InChI is InChI=1S/C20H34/c1-14(12-17-8-3-9-18-13-20(17)18)11-16-7-2-5-15-6-4-10-19(15)16/h14-20H,2-13H2,1H3. The Balaban J connectivity index is 1.29. The van der Waals surface area contributed by atoms with Gasteiger partial charge in [0.15, 0.2) is 0 Å². The monoisotopic (exact) mass is 274 g/mol. The fourth-order valence-electron chi connectivity index (χ4n) is 6.65. The van der Waals surface area contributed by atoms with Crippen LogP contribution in [0.2, 0.25) is 0 Å². The Morgan fingerprint density at radius 2 is 1.30 bits per heavy atom. The SMILES string of the molecule is CC(CC1CCCC2CCCC21)CC1CCCC2CC12. The molecule has 0 N–H and O–H groups in total. The van der Waals surface area contributed by atoms with Gasteiger partial charge in [0, 0.05) is 0 Å². The first kappa shape index (κ1) is 13.6. The summed E-state index contributed by atoms with van der Waals surface area (Å²) in [5.41, 5.74) is 0. The third kappa shape index (κ3) is 2.69. The molecule has 114 valence electrons. The van der Waals surface area contributed by atoms with E-state index in [2.05, 4.69) is 6.92 Å². The highest BCUT2D eigenvalue weighted by atomic mass is 14.5. The Hall–Kier alpha value is 0. The zero-order chi connectivity index (χ0) is 13.5. The molecule has 7 unspecified atom stereocenters. The first-order valence-electron chi connectivity index (χ1n) is 9.81. The second-order valence-corrected chi connectivity index (χ2v) is 8.97. The van der Waals surface area contributed by atoms with Crippen molar-refractivity contribution < 1.29 is 0 Å². The van der Waals surface area contributed by atoms with Gasteiger partial charge in [-0.15, -0.1) is 0 Å². The normalized spacial score (nSPS) is 48.5. The summed E-state index contributed by atoms with van der Waals surface area (Å²) in [7, 11) is 0. The molecule has 0 aromatic heterocycles. The molecule has 0 aliphatic heterocycles. The highest BCUT2D eigenvalue weighted by Crippen LogP contribution is 2.55. The van der Waals surface area contributed by atoms with Gasteiger partial charge in [0.1, 0.15) is 0 Å². The fraction of sp³-hybridized carbons (Fsp3) is 1.00. The number of fused-ring (bicyclic) bond motifs is 2. The highest BCUT2D eigenvalue weighted by molar-refractivity contribution is 4.95. The lowest BCUT2D eigenvalue weighted by molar-refractivity contribution is 0.144. The van der Waals surface area contributed by atoms with Crippen molar-refractivity contribution in [2.24, 2.45) is 41.4 Å². The lowest BCUT2D eigenvalue weighted by atomic mass is 9.69. The first-order chi connectivity index (χ1) is 9.81. The highest BCUT2D eigenvalue weighted by Gasteiger charge is 2.45. The summed E-state index contributed by atoms with van der Waals surface area (Å²) in [5.74, 6) is 7.90. The minimum atomic E-state index is 1.02. The summed E-state index contributed by atoms with van der Waals surface area (Å²) >= 11 is 0. The van der Waals surface area contributed by atoms with Crippen LogP contribution in [0.15, 0.2) is 0 Å². The smallest absolute Gasteiger partial charge is 0.0354 e. The summed E-state index contributed by atoms with van der Waals surface area (Å²) < 4.78 is 0. The van der Waals surface area contributed by atoms with Gasteiger partial charge in [-0.3, -0.25) is 0 Å². The molecule has 4 aliphatic carbocycles. The predicted octanol–water partition coefficient (Wildman–Crippen LogP) is 6.06. The Bertz CT molecular complexity index is 333. The van der Waals surface area contributed by atoms with E-state index in [-0.39, 0.29) is 0 Å². The lowest BCUT2D eigenvalue weighted by Gasteiger charge is -2.36. The molecule has 0 nitrogen and oxygen atoms in total. The van der Waals surface area contributed by atoms with Crippen LogP contribution in [0.4, 0.5) is 0 Å². The quantitative estimate of drug-likeness (QED) is 0.585. The Morgan fingerprint density at radius 3 is 2.05 bits per heavy atom. The minimum Gasteiger partial charge on any atom is -0.0625 e. The van der Waals surface area contributed by atoms with Crippen molar-refractivity contribution in [1.82, 2.24) is 0 Å². The molecule has 4 aliphatic rings. The summed E-state index contributed by atoms with van der Waals surface area (Å²) in [6, 6.07) is 0. The molecule has 0 heteroatoms. The van der Waals surface area contributed by atoms with Crippen molar-refractivity contribution in [3.05, 3.63) is 0 Å². The molecule has 7 atom stereocenters. The molecular formula is C20H34. The summed E-state index contributed by atoms with van der Waals surface area (Å²) in [4.78, 5) is 0. The van der Waals surface area contributed by atoms with Gasteiger partial charge >= 0.3 is 0 Å². The molecule has 0 spiro atoms. The molecule has 20 heavy (non-hydrogen) atoms. The van der Waals surface area contributed by atoms with E-state index in [9.17, 15) is 0 Å². The zero-order valence-electron chi connectivity index (χ0n) is 13.5. The molecule has 0 heterocycles. The van der Waals surface area contributed by atoms with E-state index in [0.29, 0.717) is 0 Å². The van der Waals surface area contributed by atoms with Crippen LogP contribution in [-0.2, 0) is 0 Å². The van der Waals surface area contributed by atoms with Gasteiger partial charge in [-0.25, -0.2) is 0 Å². The van der Waals surface area contributed by atoms with E-state index < -0.39 is 0 Å². The zero-order valence-corrected chi connectivity index (χ0v) is 13.5. The predicted molar refractivity (Wildman–Crippen MR) is 85.5 cm³/mol. The van der Waals surface area contributed by atoms with E-state index >= 15 is 0 Å². The van der Waals surface area contributed by atoms with E-state index in [4.69, 9.17) is 0 Å². The Labute approximate surface area is 126 Å². The van der Waals surface area contributed by atoms with Crippen LogP contribution in [-0.4, -0.2) is 0 Å². The second kappa shape index (κ2) is 5.65. The molecule has 0 saturated heterocycles. The first-order valence-corrected chi connectivity index (χ1v) is 9.81. The van der Waals surface area contributed by atoms with Gasteiger partial charge in [0.25, 0.3) is 0 Å². The minimum absolute atomic E-state index is 1.02. The third-order valence-corrected chi connectivity index (χ3v) is 7.62. The molecule has 0 bridgehead atoms. The van der Waals surface area contributed by atoms with Crippen LogP contribution in [0.5, 0.6) is 0 Å². The Kier molecular flexibility index (Phi) is 3.86. The van der Waals surface area contributed by atoms with E-state index in [1.165, 1.54) is 11.8 Å². The number of rotatable bonds is 4. The molecule has 4 saturated carbocycles. The van der Waals surface area contributed by atoms with Crippen LogP contribution in [0.1, 0.15) is 84.0 Å². The van der Waals surface area contributed by atoms with Crippen molar-refractivity contribution in [3.8, 4) is 0 Å². The molecule has 0 amide bonds. The molecule has 4 rings (SSSR count). The maximum absolute atomic E-state index is 2.59. The average Bonchev–Trinajstić information content (AvgIpc) is 3.08. The number of hydrogen-bond donors (Lipinski definition) is 0. The molecule has 0 aromatic rings. The summed E-state index contributed by atoms with van der Waals surface area (Å²) in [6.07, 6.45) is 18.8. The van der Waals surface area contributed by atoms with Crippen LogP contribution < -0.4 is 0 Å². The lowest BCUT2D eigenvalue weighted by Crippen LogP contribution is -2.26. The summed E-state index contributed by atoms with van der Waals surface area (Å²) in [6.45, 7) is 2.59. The van der Waals surface area contributed by atoms with Crippen molar-refractivity contribution in [2.75, 3.05) is 0 Å². The second-order valence-electron chi connectivity index (χ2n) is 8.97. The van der Waals surface area contributed by atoms with Crippen molar-refractivity contribution in [1.29, 1.82) is 0 Å². The molecule has 0 radical (unpaired) electrons. The number of hydrogen-bond acceptors (Lipinski definition) is 0. The maximum Gasteiger partial charge on any atom is -0.0354 e. The molecule has 4 fully saturated rings. The van der Waals surface area contributed by atoms with Crippen molar-refractivity contribution in [2.45, 2.75) is 84.0 Å². The van der Waals surface area contributed by atoms with Crippen LogP contribution in [0, 0.1) is 41.4 Å². The fourth-order valence-corrected chi connectivity index (χ4v) is 6.65. The van der Waals surface area contributed by atoms with Crippen LogP contribution in [0.3, 0.4) is 0 Å². The van der Waals surface area contributed by atoms with Crippen LogP contribution >= 0.6 is 0 Å². The van der Waals surface area contributed by atoms with Crippen molar-refractivity contribution >= 4 is 0 Å². The van der Waals surface area contributed by atoms with Gasteiger partial charge in [-0.05, 0) is 67.1 Å². The molecule has 0 aromatic carbocycles. The van der Waals surface area contributed by atoms with E-state index in [1.807, 2.05) is 0 Å². The summed E-state index contributed by atoms with van der Waals surface area (Å²) in [5, 5.41) is 0. The molecular weight excluding hydrogens is 240 g/mol. The van der Waals surface area contributed by atoms with E-state index in [1.54, 1.807) is 77.0 Å². The average molecular weight is 274 g/mol. The largest absolute Gasteiger partial charge is 0.0625 e. The third-order valence-electron chi connectivity index (χ3n) is 7.62.